The molecule has 1 atom stereocenters. The third kappa shape index (κ3) is 5.94. The fourth-order valence-corrected chi connectivity index (χ4v) is 4.00. The highest BCUT2D eigenvalue weighted by Crippen LogP contribution is 2.23. The fraction of sp³-hybridized carbons (Fsp3) is 0.588. The number of benzene rings is 1. The van der Waals surface area contributed by atoms with Gasteiger partial charge >= 0.3 is 0 Å². The average Bonchev–Trinajstić information content (AvgIpc) is 2.54. The van der Waals surface area contributed by atoms with Crippen LogP contribution in [0.3, 0.4) is 0 Å². The summed E-state index contributed by atoms with van der Waals surface area (Å²) in [6.07, 6.45) is 6.05. The highest BCUT2D eigenvalue weighted by atomic mass is 32.2. The number of halogens is 1. The molecule has 6 heteroatoms. The van der Waals surface area contributed by atoms with Crippen molar-refractivity contribution in [2.75, 3.05) is 19.4 Å². The molecular weight excluding hydrogens is 317 g/mol. The summed E-state index contributed by atoms with van der Waals surface area (Å²) in [6.45, 7) is 0.666. The quantitative estimate of drug-likeness (QED) is 0.830. The largest absolute Gasteiger partial charge is 0.496 e. The van der Waals surface area contributed by atoms with E-state index in [0.29, 0.717) is 23.8 Å². The van der Waals surface area contributed by atoms with Crippen LogP contribution in [0.15, 0.2) is 18.2 Å². The fourth-order valence-electron chi connectivity index (χ4n) is 2.93. The van der Waals surface area contributed by atoms with Gasteiger partial charge in [-0.25, -0.2) is 4.39 Å². The van der Waals surface area contributed by atoms with Crippen molar-refractivity contribution >= 4 is 16.7 Å². The maximum absolute atomic E-state index is 13.3. The first-order valence-electron chi connectivity index (χ1n) is 8.02. The Hall–Kier alpha value is -1.43. The van der Waals surface area contributed by atoms with Gasteiger partial charge in [-0.1, -0.05) is 19.3 Å². The molecule has 1 aliphatic rings. The molecule has 0 radical (unpaired) electrons. The standard InChI is InChI=1S/C17H24FNO3S/c1-22-16-8-7-15(18)9-14(16)11-23(21)12-17(20)19-10-13-5-3-2-4-6-13/h7-9,13H,2-6,10-12H2,1H3,(H,19,20)/t23-/m0/s1. The monoisotopic (exact) mass is 341 g/mol. The average molecular weight is 341 g/mol. The molecule has 1 fully saturated rings. The highest BCUT2D eigenvalue weighted by Gasteiger charge is 2.16. The number of nitrogens with one attached hydrogen (secondary N) is 1. The molecule has 0 aliphatic heterocycles. The van der Waals surface area contributed by atoms with Gasteiger partial charge in [-0.15, -0.1) is 0 Å². The van der Waals surface area contributed by atoms with E-state index < -0.39 is 16.6 Å². The van der Waals surface area contributed by atoms with Crippen molar-refractivity contribution < 1.29 is 18.1 Å². The second-order valence-electron chi connectivity index (χ2n) is 5.99. The highest BCUT2D eigenvalue weighted by molar-refractivity contribution is 7.84. The van der Waals surface area contributed by atoms with Crippen LogP contribution in [0.4, 0.5) is 4.39 Å². The minimum atomic E-state index is -1.39. The minimum absolute atomic E-state index is 0.0631. The van der Waals surface area contributed by atoms with E-state index in [-0.39, 0.29) is 17.4 Å². The van der Waals surface area contributed by atoms with Crippen LogP contribution in [-0.2, 0) is 21.3 Å². The van der Waals surface area contributed by atoms with Crippen LogP contribution >= 0.6 is 0 Å². The van der Waals surface area contributed by atoms with Crippen LogP contribution in [0, 0.1) is 11.7 Å². The van der Waals surface area contributed by atoms with Gasteiger partial charge < -0.3 is 10.1 Å². The predicted molar refractivity (Wildman–Crippen MR) is 89.3 cm³/mol. The summed E-state index contributed by atoms with van der Waals surface area (Å²) in [6, 6.07) is 4.10. The number of methoxy groups -OCH3 is 1. The number of hydrogen-bond donors (Lipinski definition) is 1. The molecule has 0 spiro atoms. The summed E-state index contributed by atoms with van der Waals surface area (Å²) >= 11 is 0. The summed E-state index contributed by atoms with van der Waals surface area (Å²) in [5, 5.41) is 2.87. The molecule has 1 N–H and O–H groups in total. The third-order valence-corrected chi connectivity index (χ3v) is 5.38. The molecule has 0 heterocycles. The smallest absolute Gasteiger partial charge is 0.232 e. The summed E-state index contributed by atoms with van der Waals surface area (Å²) in [4.78, 5) is 11.9. The number of amides is 1. The SMILES string of the molecule is COc1ccc(F)cc1C[S@](=O)CC(=O)NCC1CCCCC1. The lowest BCUT2D eigenvalue weighted by Crippen LogP contribution is -2.33. The Balaban J connectivity index is 1.79. The molecule has 0 bridgehead atoms. The van der Waals surface area contributed by atoms with Crippen LogP contribution in [0.25, 0.3) is 0 Å². The van der Waals surface area contributed by atoms with Crippen LogP contribution in [-0.4, -0.2) is 29.5 Å². The zero-order chi connectivity index (χ0) is 16.7. The molecular formula is C17H24FNO3S. The number of carbonyl (C=O) groups excluding carboxylic acids is 1. The van der Waals surface area contributed by atoms with Gasteiger partial charge in [-0.05, 0) is 37.0 Å². The number of ether oxygens (including phenoxy) is 1. The van der Waals surface area contributed by atoms with Crippen molar-refractivity contribution in [2.45, 2.75) is 37.9 Å². The van der Waals surface area contributed by atoms with Gasteiger partial charge in [0.15, 0.2) is 0 Å². The molecule has 0 aromatic heterocycles. The van der Waals surface area contributed by atoms with Crippen LogP contribution in [0.1, 0.15) is 37.7 Å². The first kappa shape index (κ1) is 17.9. The Labute approximate surface area is 139 Å². The third-order valence-electron chi connectivity index (χ3n) is 4.16. The van der Waals surface area contributed by atoms with Gasteiger partial charge in [-0.2, -0.15) is 0 Å². The van der Waals surface area contributed by atoms with E-state index >= 15 is 0 Å². The van der Waals surface area contributed by atoms with E-state index in [4.69, 9.17) is 4.74 Å². The van der Waals surface area contributed by atoms with E-state index in [0.717, 1.165) is 12.8 Å². The van der Waals surface area contributed by atoms with Crippen LogP contribution in [0.2, 0.25) is 0 Å². The zero-order valence-corrected chi connectivity index (χ0v) is 14.3. The Morgan fingerprint density at radius 1 is 1.35 bits per heavy atom. The second kappa shape index (κ2) is 9.01. The van der Waals surface area contributed by atoms with E-state index in [9.17, 15) is 13.4 Å². The minimum Gasteiger partial charge on any atom is -0.496 e. The summed E-state index contributed by atoms with van der Waals surface area (Å²) in [7, 11) is 0.0963. The number of rotatable bonds is 7. The molecule has 4 nitrogen and oxygen atoms in total. The Morgan fingerprint density at radius 2 is 2.09 bits per heavy atom. The molecule has 1 amide bonds. The van der Waals surface area contributed by atoms with Crippen molar-refractivity contribution in [3.05, 3.63) is 29.6 Å². The predicted octanol–water partition coefficient (Wildman–Crippen LogP) is 2.78. The maximum Gasteiger partial charge on any atom is 0.232 e. The number of hydrogen-bond acceptors (Lipinski definition) is 3. The van der Waals surface area contributed by atoms with E-state index in [1.807, 2.05) is 0 Å². The first-order chi connectivity index (χ1) is 11.1. The first-order valence-corrected chi connectivity index (χ1v) is 9.51. The summed E-state index contributed by atoms with van der Waals surface area (Å²) < 4.78 is 30.5. The summed E-state index contributed by atoms with van der Waals surface area (Å²) in [5.74, 6) is 0.472. The van der Waals surface area contributed by atoms with Crippen molar-refractivity contribution in [1.82, 2.24) is 5.32 Å². The molecule has 1 aromatic rings. The van der Waals surface area contributed by atoms with Crippen molar-refractivity contribution in [3.63, 3.8) is 0 Å². The lowest BCUT2D eigenvalue weighted by molar-refractivity contribution is -0.118. The van der Waals surface area contributed by atoms with Gasteiger partial charge in [0.25, 0.3) is 0 Å². The lowest BCUT2D eigenvalue weighted by Gasteiger charge is -2.21. The zero-order valence-electron chi connectivity index (χ0n) is 13.5. The molecule has 23 heavy (non-hydrogen) atoms. The Kier molecular flexibility index (Phi) is 7.02. The van der Waals surface area contributed by atoms with Gasteiger partial charge in [-0.3, -0.25) is 9.00 Å². The molecule has 0 saturated heterocycles. The van der Waals surface area contributed by atoms with Gasteiger partial charge in [0.1, 0.15) is 17.3 Å². The summed E-state index contributed by atoms with van der Waals surface area (Å²) in [5.41, 5.74) is 0.519. The Bertz CT molecular complexity index is 559. The molecule has 2 rings (SSSR count). The number of carbonyl (C=O) groups is 1. The van der Waals surface area contributed by atoms with E-state index in [1.165, 1.54) is 44.6 Å². The lowest BCUT2D eigenvalue weighted by atomic mass is 9.89. The Morgan fingerprint density at radius 3 is 2.78 bits per heavy atom. The van der Waals surface area contributed by atoms with Gasteiger partial charge in [0.2, 0.25) is 5.91 Å². The van der Waals surface area contributed by atoms with Gasteiger partial charge in [0, 0.05) is 22.9 Å². The van der Waals surface area contributed by atoms with Crippen LogP contribution < -0.4 is 10.1 Å². The normalized spacial score (nSPS) is 16.8. The second-order valence-corrected chi connectivity index (χ2v) is 7.45. The van der Waals surface area contributed by atoms with Crippen molar-refractivity contribution in [3.8, 4) is 5.75 Å². The van der Waals surface area contributed by atoms with Crippen molar-refractivity contribution in [1.29, 1.82) is 0 Å². The maximum atomic E-state index is 13.3. The molecule has 1 aliphatic carbocycles. The molecule has 1 saturated carbocycles. The van der Waals surface area contributed by atoms with Gasteiger partial charge in [0.05, 0.1) is 12.9 Å². The van der Waals surface area contributed by atoms with Crippen molar-refractivity contribution in [2.24, 2.45) is 5.92 Å². The molecule has 0 unspecified atom stereocenters. The van der Waals surface area contributed by atoms with Crippen LogP contribution in [0.5, 0.6) is 5.75 Å². The van der Waals surface area contributed by atoms with E-state index in [2.05, 4.69) is 5.32 Å². The molecule has 128 valence electrons. The molecule has 1 aromatic carbocycles. The van der Waals surface area contributed by atoms with E-state index in [1.54, 1.807) is 0 Å². The topological polar surface area (TPSA) is 55.4 Å².